The number of amides is 4. The van der Waals surface area contributed by atoms with Crippen molar-refractivity contribution in [1.82, 2.24) is 20.9 Å². The summed E-state index contributed by atoms with van der Waals surface area (Å²) in [4.78, 5) is 75.8. The number of halogens is 1. The fraction of sp³-hybridized carbons (Fsp3) is 0.538. The standard InChI is InChI=1S/C39H48ClN5O8/c1-38(2,3)33(43-34(47)24-15-23(24)22-10-8-7-9-11-22)37(50)45-20-39(18-28(44-53-39)25-16-26(40)31(52-6)17-30(25)51-5)19-29(45)35(48)42-27(14-21-12-13-21)32(46)36(49)41-4/h7-11,16-17,21,23-24,27,29,33H,12-15,18-20H2,1-6H3,(H,41,49)(H,42,48)(H,43,47)/t23?,24-,27+,29+,33-,39-/m1/s1. The van der Waals surface area contributed by atoms with Crippen LogP contribution in [-0.2, 0) is 28.8 Å². The van der Waals surface area contributed by atoms with Gasteiger partial charge in [-0.15, -0.1) is 0 Å². The highest BCUT2D eigenvalue weighted by Crippen LogP contribution is 2.48. The number of methoxy groups -OCH3 is 2. The molecule has 6 atom stereocenters. The highest BCUT2D eigenvalue weighted by molar-refractivity contribution is 6.38. The highest BCUT2D eigenvalue weighted by atomic mass is 35.5. The van der Waals surface area contributed by atoms with Gasteiger partial charge in [0.1, 0.15) is 23.6 Å². The van der Waals surface area contributed by atoms with Crippen LogP contribution in [0.3, 0.4) is 0 Å². The Morgan fingerprint density at radius 3 is 2.34 bits per heavy atom. The first-order chi connectivity index (χ1) is 25.2. The summed E-state index contributed by atoms with van der Waals surface area (Å²) in [6.45, 7) is 5.55. The molecule has 2 aliphatic carbocycles. The number of benzene rings is 2. The molecule has 53 heavy (non-hydrogen) atoms. The number of likely N-dealkylation sites (tertiary alicyclic amines) is 1. The Kier molecular flexibility index (Phi) is 10.8. The third-order valence-corrected chi connectivity index (χ3v) is 11.0. The zero-order chi connectivity index (χ0) is 38.2. The Morgan fingerprint density at radius 1 is 1.02 bits per heavy atom. The maximum atomic E-state index is 14.8. The maximum absolute atomic E-state index is 14.8. The van der Waals surface area contributed by atoms with Crippen LogP contribution in [0.2, 0.25) is 5.02 Å². The molecule has 6 rings (SSSR count). The monoisotopic (exact) mass is 749 g/mol. The fourth-order valence-electron chi connectivity index (χ4n) is 7.44. The lowest BCUT2D eigenvalue weighted by Gasteiger charge is -2.35. The van der Waals surface area contributed by atoms with E-state index >= 15 is 0 Å². The predicted molar refractivity (Wildman–Crippen MR) is 197 cm³/mol. The van der Waals surface area contributed by atoms with Gasteiger partial charge < -0.3 is 35.2 Å². The zero-order valence-corrected chi connectivity index (χ0v) is 31.7. The van der Waals surface area contributed by atoms with Gasteiger partial charge in [-0.2, -0.15) is 0 Å². The SMILES string of the molecule is CNC(=O)C(=O)[C@H](CC1CC1)NC(=O)[C@@H]1C[C@]2(CC(c3cc(Cl)c(OC)cc3OC)=NO2)CN1C(=O)[C@@H](NC(=O)[C@@H]1CC1c1ccccc1)C(C)(C)C. The van der Waals surface area contributed by atoms with Crippen molar-refractivity contribution in [2.24, 2.45) is 22.4 Å². The Bertz CT molecular complexity index is 1810. The normalized spacial score (nSPS) is 24.4. The van der Waals surface area contributed by atoms with Crippen molar-refractivity contribution in [3.05, 3.63) is 58.6 Å². The molecule has 3 fully saturated rings. The first-order valence-electron chi connectivity index (χ1n) is 18.1. The number of nitrogens with zero attached hydrogens (tertiary/aromatic N) is 2. The minimum Gasteiger partial charge on any atom is -0.496 e. The van der Waals surface area contributed by atoms with Crippen LogP contribution in [0.4, 0.5) is 0 Å². The molecule has 13 nitrogen and oxygen atoms in total. The summed E-state index contributed by atoms with van der Waals surface area (Å²) >= 11 is 6.48. The van der Waals surface area contributed by atoms with Crippen molar-refractivity contribution in [1.29, 1.82) is 0 Å². The van der Waals surface area contributed by atoms with E-state index in [1.165, 1.54) is 26.2 Å². The van der Waals surface area contributed by atoms with Gasteiger partial charge in [0, 0.05) is 37.4 Å². The molecule has 2 aromatic carbocycles. The van der Waals surface area contributed by atoms with Crippen molar-refractivity contribution in [3.63, 3.8) is 0 Å². The van der Waals surface area contributed by atoms with E-state index in [2.05, 4.69) is 21.1 Å². The number of likely N-dealkylation sites (N-methyl/N-ethyl adjacent to an activating group) is 1. The van der Waals surface area contributed by atoms with Crippen molar-refractivity contribution >= 4 is 46.7 Å². The predicted octanol–water partition coefficient (Wildman–Crippen LogP) is 3.76. The molecule has 0 bridgehead atoms. The molecule has 284 valence electrons. The summed E-state index contributed by atoms with van der Waals surface area (Å²) in [7, 11) is 4.37. The van der Waals surface area contributed by atoms with Gasteiger partial charge in [0.2, 0.25) is 23.5 Å². The van der Waals surface area contributed by atoms with Crippen LogP contribution in [0.15, 0.2) is 47.6 Å². The Balaban J connectivity index is 1.28. The van der Waals surface area contributed by atoms with E-state index in [1.54, 1.807) is 12.1 Å². The van der Waals surface area contributed by atoms with Crippen molar-refractivity contribution in [2.75, 3.05) is 27.8 Å². The molecule has 1 spiro atoms. The maximum Gasteiger partial charge on any atom is 0.289 e. The molecular formula is C39H48ClN5O8. The Morgan fingerprint density at radius 2 is 1.72 bits per heavy atom. The minimum absolute atomic E-state index is 0.0294. The minimum atomic E-state index is -1.12. The average Bonchev–Trinajstić information content (AvgIpc) is 4.07. The third-order valence-electron chi connectivity index (χ3n) is 10.7. The number of ether oxygens (including phenoxy) is 2. The average molecular weight is 750 g/mol. The number of carbonyl (C=O) groups is 5. The molecule has 2 heterocycles. The lowest BCUT2D eigenvalue weighted by molar-refractivity contribution is -0.145. The van der Waals surface area contributed by atoms with Crippen LogP contribution in [0.1, 0.15) is 76.3 Å². The largest absolute Gasteiger partial charge is 0.496 e. The van der Waals surface area contributed by atoms with Gasteiger partial charge in [0.05, 0.1) is 37.5 Å². The second kappa shape index (κ2) is 15.0. The van der Waals surface area contributed by atoms with E-state index in [0.29, 0.717) is 40.6 Å². The Hall–Kier alpha value is -4.65. The number of Topliss-reactive ketones (excluding diaryl/α,β-unsaturated/α-hetero) is 1. The van der Waals surface area contributed by atoms with Gasteiger partial charge in [0.25, 0.3) is 5.91 Å². The van der Waals surface area contributed by atoms with Gasteiger partial charge in [-0.3, -0.25) is 24.0 Å². The number of carbonyl (C=O) groups excluding carboxylic acids is 5. The molecule has 1 unspecified atom stereocenters. The fourth-order valence-corrected chi connectivity index (χ4v) is 7.69. The van der Waals surface area contributed by atoms with Crippen molar-refractivity contribution in [2.45, 2.75) is 88.9 Å². The number of oxime groups is 1. The van der Waals surface area contributed by atoms with Gasteiger partial charge in [-0.1, -0.05) is 80.7 Å². The molecule has 14 heteroatoms. The molecular weight excluding hydrogens is 702 g/mol. The van der Waals surface area contributed by atoms with Gasteiger partial charge in [0.15, 0.2) is 5.60 Å². The van der Waals surface area contributed by atoms with Gasteiger partial charge in [-0.25, -0.2) is 0 Å². The molecule has 2 aromatic rings. The van der Waals surface area contributed by atoms with Gasteiger partial charge in [-0.05, 0) is 41.7 Å². The molecule has 4 aliphatic rings. The number of ketones is 1. The second-order valence-electron chi connectivity index (χ2n) is 15.7. The molecule has 2 saturated carbocycles. The molecule has 3 N–H and O–H groups in total. The van der Waals surface area contributed by atoms with E-state index in [0.717, 1.165) is 18.4 Å². The number of hydrogen-bond acceptors (Lipinski definition) is 9. The summed E-state index contributed by atoms with van der Waals surface area (Å²) in [5.74, 6) is -1.97. The smallest absolute Gasteiger partial charge is 0.289 e. The van der Waals surface area contributed by atoms with Crippen LogP contribution >= 0.6 is 11.6 Å². The van der Waals surface area contributed by atoms with Crippen LogP contribution in [0.5, 0.6) is 11.5 Å². The second-order valence-corrected chi connectivity index (χ2v) is 16.1. The zero-order valence-electron chi connectivity index (χ0n) is 31.0. The lowest BCUT2D eigenvalue weighted by atomic mass is 9.85. The molecule has 4 amide bonds. The first-order valence-corrected chi connectivity index (χ1v) is 18.5. The summed E-state index contributed by atoms with van der Waals surface area (Å²) < 4.78 is 11.0. The summed E-state index contributed by atoms with van der Waals surface area (Å²) in [5.41, 5.74) is 0.278. The van der Waals surface area contributed by atoms with Crippen LogP contribution < -0.4 is 25.4 Å². The molecule has 2 aliphatic heterocycles. The van der Waals surface area contributed by atoms with Gasteiger partial charge >= 0.3 is 0 Å². The first kappa shape index (κ1) is 38.1. The van der Waals surface area contributed by atoms with E-state index in [4.69, 9.17) is 25.9 Å². The quantitative estimate of drug-likeness (QED) is 0.261. The highest BCUT2D eigenvalue weighted by Gasteiger charge is 2.56. The topological polar surface area (TPSA) is 165 Å². The van der Waals surface area contributed by atoms with Crippen molar-refractivity contribution < 1.29 is 38.3 Å². The molecule has 0 radical (unpaired) electrons. The third kappa shape index (κ3) is 8.14. The van der Waals surface area contributed by atoms with E-state index in [1.807, 2.05) is 51.1 Å². The van der Waals surface area contributed by atoms with Crippen LogP contribution in [0, 0.1) is 17.3 Å². The summed E-state index contributed by atoms with van der Waals surface area (Å²) in [6.07, 6.45) is 3.03. The van der Waals surface area contributed by atoms with E-state index in [9.17, 15) is 24.0 Å². The molecule has 1 saturated heterocycles. The van der Waals surface area contributed by atoms with Crippen molar-refractivity contribution in [3.8, 4) is 11.5 Å². The summed E-state index contributed by atoms with van der Waals surface area (Å²) in [5, 5.41) is 13.0. The molecule has 0 aromatic heterocycles. The lowest BCUT2D eigenvalue weighted by Crippen LogP contribution is -2.59. The number of hydrogen-bond donors (Lipinski definition) is 3. The van der Waals surface area contributed by atoms with Crippen LogP contribution in [0.25, 0.3) is 0 Å². The van der Waals surface area contributed by atoms with E-state index in [-0.39, 0.29) is 43.0 Å². The number of rotatable bonds is 13. The number of nitrogens with one attached hydrogen (secondary N) is 3. The summed E-state index contributed by atoms with van der Waals surface area (Å²) in [6, 6.07) is 9.96. The Labute approximate surface area is 314 Å². The van der Waals surface area contributed by atoms with E-state index < -0.39 is 52.6 Å². The van der Waals surface area contributed by atoms with Crippen LogP contribution in [-0.4, -0.2) is 91.6 Å².